The maximum Gasteiger partial charge on any atom is 0.314 e. The van der Waals surface area contributed by atoms with Crippen molar-refractivity contribution in [1.82, 2.24) is 15.5 Å². The quantitative estimate of drug-likeness (QED) is 0.833. The Labute approximate surface area is 127 Å². The number of carbonyl (C=O) groups is 2. The van der Waals surface area contributed by atoms with E-state index < -0.39 is 0 Å². The van der Waals surface area contributed by atoms with Crippen LogP contribution in [0.2, 0.25) is 0 Å². The van der Waals surface area contributed by atoms with Crippen LogP contribution in [0.1, 0.15) is 47.5 Å². The zero-order chi connectivity index (χ0) is 15.7. The molecule has 1 aliphatic carbocycles. The topological polar surface area (TPSA) is 61.4 Å². The number of amides is 3. The molecule has 2 fully saturated rings. The molecule has 21 heavy (non-hydrogen) atoms. The summed E-state index contributed by atoms with van der Waals surface area (Å²) in [7, 11) is 0. The van der Waals surface area contributed by atoms with E-state index >= 15 is 0 Å². The van der Waals surface area contributed by atoms with Crippen LogP contribution in [0.15, 0.2) is 0 Å². The normalized spacial score (nSPS) is 32.0. The number of nitrogens with one attached hydrogen (secondary N) is 2. The highest BCUT2D eigenvalue weighted by atomic mass is 16.2. The first kappa shape index (κ1) is 16.1. The van der Waals surface area contributed by atoms with Gasteiger partial charge in [0.1, 0.15) is 0 Å². The molecule has 120 valence electrons. The van der Waals surface area contributed by atoms with Crippen molar-refractivity contribution in [3.63, 3.8) is 0 Å². The summed E-state index contributed by atoms with van der Waals surface area (Å²) >= 11 is 0. The molecule has 0 radical (unpaired) electrons. The van der Waals surface area contributed by atoms with Crippen LogP contribution in [0.4, 0.5) is 4.79 Å². The minimum Gasteiger partial charge on any atom is -0.338 e. The Balaban J connectivity index is 1.96. The van der Waals surface area contributed by atoms with Crippen LogP contribution in [0.3, 0.4) is 0 Å². The van der Waals surface area contributed by atoms with Gasteiger partial charge in [-0.15, -0.1) is 0 Å². The smallest absolute Gasteiger partial charge is 0.314 e. The summed E-state index contributed by atoms with van der Waals surface area (Å²) in [6, 6.07) is 0.678. The summed E-state index contributed by atoms with van der Waals surface area (Å²) in [5.74, 6) is 1.63. The first-order valence-corrected chi connectivity index (χ1v) is 8.16. The zero-order valence-corrected chi connectivity index (χ0v) is 13.8. The molecule has 5 heteroatoms. The predicted octanol–water partition coefficient (Wildman–Crippen LogP) is 1.98. The summed E-state index contributed by atoms with van der Waals surface area (Å²) in [5, 5.41) is 5.83. The maximum atomic E-state index is 12.2. The van der Waals surface area contributed by atoms with Gasteiger partial charge in [0.05, 0.1) is 0 Å². The number of nitrogens with zero attached hydrogens (tertiary/aromatic N) is 1. The van der Waals surface area contributed by atoms with Gasteiger partial charge in [0.15, 0.2) is 0 Å². The van der Waals surface area contributed by atoms with E-state index in [0.717, 1.165) is 6.42 Å². The van der Waals surface area contributed by atoms with Gasteiger partial charge in [-0.3, -0.25) is 4.79 Å². The third kappa shape index (κ3) is 3.33. The van der Waals surface area contributed by atoms with Crippen molar-refractivity contribution in [3.05, 3.63) is 0 Å². The van der Waals surface area contributed by atoms with Gasteiger partial charge in [-0.25, -0.2) is 4.79 Å². The van der Waals surface area contributed by atoms with E-state index in [-0.39, 0.29) is 24.0 Å². The minimum absolute atomic E-state index is 0.106. The maximum absolute atomic E-state index is 12.2. The van der Waals surface area contributed by atoms with Crippen molar-refractivity contribution in [2.45, 2.75) is 65.6 Å². The van der Waals surface area contributed by atoms with Gasteiger partial charge in [-0.1, -0.05) is 6.92 Å². The fourth-order valence-electron chi connectivity index (χ4n) is 4.08. The van der Waals surface area contributed by atoms with Crippen LogP contribution in [0.5, 0.6) is 0 Å². The second-order valence-electron chi connectivity index (χ2n) is 7.22. The number of fused-ring (bicyclic) bond motifs is 1. The lowest BCUT2D eigenvalue weighted by Gasteiger charge is -2.28. The van der Waals surface area contributed by atoms with Crippen LogP contribution in [-0.2, 0) is 4.79 Å². The highest BCUT2D eigenvalue weighted by Crippen LogP contribution is 2.46. The summed E-state index contributed by atoms with van der Waals surface area (Å²) in [5.41, 5.74) is 0. The molecule has 2 N–H and O–H groups in total. The fourth-order valence-corrected chi connectivity index (χ4v) is 4.08. The van der Waals surface area contributed by atoms with E-state index in [4.69, 9.17) is 0 Å². The van der Waals surface area contributed by atoms with Gasteiger partial charge in [0.25, 0.3) is 0 Å². The Bertz CT molecular complexity index is 408. The monoisotopic (exact) mass is 295 g/mol. The van der Waals surface area contributed by atoms with E-state index in [1.54, 1.807) is 0 Å². The molecule has 1 saturated heterocycles. The molecule has 2 aliphatic rings. The number of hydrogen-bond donors (Lipinski definition) is 2. The van der Waals surface area contributed by atoms with Crippen molar-refractivity contribution >= 4 is 11.9 Å². The van der Waals surface area contributed by atoms with E-state index in [1.807, 2.05) is 13.8 Å². The third-order valence-corrected chi connectivity index (χ3v) is 4.92. The van der Waals surface area contributed by atoms with Gasteiger partial charge in [0, 0.05) is 31.1 Å². The largest absolute Gasteiger partial charge is 0.338 e. The minimum atomic E-state index is -0.106. The van der Waals surface area contributed by atoms with Gasteiger partial charge >= 0.3 is 6.03 Å². The Kier molecular flexibility index (Phi) is 4.79. The van der Waals surface area contributed by atoms with Gasteiger partial charge in [-0.2, -0.15) is 0 Å². The van der Waals surface area contributed by atoms with Gasteiger partial charge in [0.2, 0.25) is 5.91 Å². The molecule has 4 atom stereocenters. The second-order valence-corrected chi connectivity index (χ2v) is 7.22. The number of carbonyl (C=O) groups excluding carboxylic acids is 2. The van der Waals surface area contributed by atoms with E-state index in [0.29, 0.717) is 36.8 Å². The molecule has 5 nitrogen and oxygen atoms in total. The van der Waals surface area contributed by atoms with Crippen LogP contribution in [0.25, 0.3) is 0 Å². The van der Waals surface area contributed by atoms with Gasteiger partial charge in [-0.05, 0) is 51.9 Å². The van der Waals surface area contributed by atoms with Crippen molar-refractivity contribution in [1.29, 1.82) is 0 Å². The zero-order valence-electron chi connectivity index (χ0n) is 13.8. The number of likely N-dealkylation sites (tertiary alicyclic amines) is 1. The average molecular weight is 295 g/mol. The molecule has 1 aliphatic heterocycles. The summed E-state index contributed by atoms with van der Waals surface area (Å²) in [6.45, 7) is 11.0. The molecular weight excluding hydrogens is 266 g/mol. The standard InChI is InChI=1S/C16H29N3O2/c1-9(2)18-16(21)17-8-13-11(5)6-14-12(13)7-15(20)19(14)10(3)4/h9-14H,6-8H2,1-5H3,(H2,17,18,21)/t11-,12-,13+,14+/m0/s1. The van der Waals surface area contributed by atoms with Crippen molar-refractivity contribution in [2.24, 2.45) is 17.8 Å². The molecule has 0 unspecified atom stereocenters. The summed E-state index contributed by atoms with van der Waals surface area (Å²) < 4.78 is 0. The predicted molar refractivity (Wildman–Crippen MR) is 82.8 cm³/mol. The number of urea groups is 1. The molecule has 0 aromatic rings. The van der Waals surface area contributed by atoms with Crippen LogP contribution >= 0.6 is 0 Å². The number of hydrogen-bond acceptors (Lipinski definition) is 2. The molecule has 0 aromatic heterocycles. The lowest BCUT2D eigenvalue weighted by Crippen LogP contribution is -2.43. The molecule has 0 spiro atoms. The van der Waals surface area contributed by atoms with E-state index in [2.05, 4.69) is 36.3 Å². The lowest BCUT2D eigenvalue weighted by atomic mass is 9.88. The Morgan fingerprint density at radius 3 is 2.57 bits per heavy atom. The fraction of sp³-hybridized carbons (Fsp3) is 0.875. The van der Waals surface area contributed by atoms with Crippen molar-refractivity contribution < 1.29 is 9.59 Å². The van der Waals surface area contributed by atoms with Crippen LogP contribution in [-0.4, -0.2) is 41.5 Å². The van der Waals surface area contributed by atoms with E-state index in [1.165, 1.54) is 0 Å². The highest BCUT2D eigenvalue weighted by molar-refractivity contribution is 5.80. The SMILES string of the molecule is CC(C)NC(=O)NC[C@H]1[C@@H]2CC(=O)N(C(C)C)[C@@H]2C[C@@H]1C. The molecule has 2 rings (SSSR count). The second kappa shape index (κ2) is 6.24. The summed E-state index contributed by atoms with van der Waals surface area (Å²) in [4.78, 5) is 26.0. The Morgan fingerprint density at radius 1 is 1.33 bits per heavy atom. The molecule has 0 bridgehead atoms. The van der Waals surface area contributed by atoms with E-state index in [9.17, 15) is 9.59 Å². The first-order chi connectivity index (χ1) is 9.81. The molecule has 3 amide bonds. The van der Waals surface area contributed by atoms with Gasteiger partial charge < -0.3 is 15.5 Å². The molecule has 1 saturated carbocycles. The third-order valence-electron chi connectivity index (χ3n) is 4.92. The van der Waals surface area contributed by atoms with Crippen molar-refractivity contribution in [3.8, 4) is 0 Å². The molecule has 1 heterocycles. The Hall–Kier alpha value is -1.26. The molecule has 0 aromatic carbocycles. The lowest BCUT2D eigenvalue weighted by molar-refractivity contribution is -0.130. The van der Waals surface area contributed by atoms with Crippen LogP contribution < -0.4 is 10.6 Å². The van der Waals surface area contributed by atoms with Crippen molar-refractivity contribution in [2.75, 3.05) is 6.54 Å². The Morgan fingerprint density at radius 2 is 2.00 bits per heavy atom. The van der Waals surface area contributed by atoms with Crippen LogP contribution in [0, 0.1) is 17.8 Å². The molecular formula is C16H29N3O2. The number of rotatable bonds is 4. The first-order valence-electron chi connectivity index (χ1n) is 8.16. The average Bonchev–Trinajstić information content (AvgIpc) is 2.79. The summed E-state index contributed by atoms with van der Waals surface area (Å²) in [6.07, 6.45) is 1.71. The highest BCUT2D eigenvalue weighted by Gasteiger charge is 2.51.